The van der Waals surface area contributed by atoms with Crippen LogP contribution in [0.2, 0.25) is 0 Å². The highest BCUT2D eigenvalue weighted by molar-refractivity contribution is 5.92. The van der Waals surface area contributed by atoms with Gasteiger partial charge >= 0.3 is 5.97 Å². The molecule has 4 rings (SSSR count). The molecule has 2 aromatic heterocycles. The van der Waals surface area contributed by atoms with Gasteiger partial charge in [0.1, 0.15) is 17.2 Å². The number of carbonyl (C=O) groups is 1. The molecule has 30 heavy (non-hydrogen) atoms. The predicted octanol–water partition coefficient (Wildman–Crippen LogP) is 1.62. The number of carboxylic acid groups (broad SMARTS) is 1. The minimum Gasteiger partial charge on any atom is -0.477 e. The summed E-state index contributed by atoms with van der Waals surface area (Å²) in [5.74, 6) is -4.63. The van der Waals surface area contributed by atoms with E-state index >= 15 is 0 Å². The number of fused-ring (bicyclic) bond motifs is 1. The highest BCUT2D eigenvalue weighted by Crippen LogP contribution is 2.28. The lowest BCUT2D eigenvalue weighted by molar-refractivity contribution is 0.0695. The number of pyridine rings is 2. The van der Waals surface area contributed by atoms with Crippen molar-refractivity contribution in [1.29, 1.82) is 0 Å². The minimum absolute atomic E-state index is 0.109. The van der Waals surface area contributed by atoms with Crippen molar-refractivity contribution < 1.29 is 23.1 Å². The Morgan fingerprint density at radius 3 is 2.53 bits per heavy atom. The maximum atomic E-state index is 14.8. The molecule has 0 radical (unpaired) electrons. The van der Waals surface area contributed by atoms with E-state index in [1.54, 1.807) is 4.90 Å². The summed E-state index contributed by atoms with van der Waals surface area (Å²) >= 11 is 0. The zero-order valence-electron chi connectivity index (χ0n) is 15.4. The molecule has 1 saturated heterocycles. The molecule has 0 unspecified atom stereocenters. The molecule has 5 N–H and O–H groups in total. The van der Waals surface area contributed by atoms with Crippen LogP contribution in [0.4, 0.5) is 24.7 Å². The summed E-state index contributed by atoms with van der Waals surface area (Å²) in [4.78, 5) is 29.9. The van der Waals surface area contributed by atoms with Crippen LogP contribution in [0.5, 0.6) is 0 Å². The van der Waals surface area contributed by atoms with E-state index in [4.69, 9.17) is 11.5 Å². The molecule has 8 nitrogen and oxygen atoms in total. The number of aromatic nitrogens is 2. The molecular weight excluding hydrogens is 403 g/mol. The Balaban J connectivity index is 2.07. The van der Waals surface area contributed by atoms with Crippen molar-refractivity contribution in [2.24, 2.45) is 5.73 Å². The van der Waals surface area contributed by atoms with Crippen LogP contribution in [0.15, 0.2) is 29.2 Å². The minimum atomic E-state index is -1.60. The second-order valence-corrected chi connectivity index (χ2v) is 7.03. The molecule has 0 bridgehead atoms. The molecule has 1 aliphatic rings. The summed E-state index contributed by atoms with van der Waals surface area (Å²) in [7, 11) is 0. The third-order valence-corrected chi connectivity index (χ3v) is 4.99. The van der Waals surface area contributed by atoms with Crippen molar-refractivity contribution >= 4 is 28.5 Å². The van der Waals surface area contributed by atoms with Crippen LogP contribution in [0.3, 0.4) is 0 Å². The molecule has 1 aliphatic heterocycles. The van der Waals surface area contributed by atoms with Crippen molar-refractivity contribution in [3.8, 4) is 5.69 Å². The molecule has 1 aromatic carbocycles. The van der Waals surface area contributed by atoms with Crippen LogP contribution < -0.4 is 21.8 Å². The fourth-order valence-electron chi connectivity index (χ4n) is 3.49. The topological polar surface area (TPSA) is 127 Å². The standard InChI is InChI=1S/C19H16F3N5O3/c20-11-4-12(21)15(5-14(11)24)27-7-10(19(29)30)16(28)9-3-13(22)18(25-17(9)27)26-2-1-8(23)6-26/h3-5,7-8H,1-2,6,23-24H2,(H,29,30)/t8-/m0/s1. The number of hydrogen-bond donors (Lipinski definition) is 3. The van der Waals surface area contributed by atoms with Crippen LogP contribution in [-0.2, 0) is 0 Å². The van der Waals surface area contributed by atoms with E-state index in [9.17, 15) is 27.9 Å². The third-order valence-electron chi connectivity index (χ3n) is 4.99. The Bertz CT molecular complexity index is 1260. The summed E-state index contributed by atoms with van der Waals surface area (Å²) in [6.07, 6.45) is 1.46. The number of aromatic carboxylic acids is 1. The number of benzene rings is 1. The first-order chi connectivity index (χ1) is 14.2. The van der Waals surface area contributed by atoms with E-state index in [1.807, 2.05) is 0 Å². The van der Waals surface area contributed by atoms with E-state index < -0.39 is 40.1 Å². The molecule has 1 fully saturated rings. The SMILES string of the molecule is Nc1cc(-n2cc(C(=O)O)c(=O)c3cc(F)c(N4CC[C@H](N)C4)nc32)c(F)cc1F. The normalized spacial score (nSPS) is 16.4. The van der Waals surface area contributed by atoms with Crippen LogP contribution in [-0.4, -0.2) is 39.8 Å². The summed E-state index contributed by atoms with van der Waals surface area (Å²) in [5.41, 5.74) is 8.73. The number of anilines is 2. The molecule has 0 spiro atoms. The van der Waals surface area contributed by atoms with Crippen molar-refractivity contribution in [3.63, 3.8) is 0 Å². The molecule has 3 heterocycles. The largest absolute Gasteiger partial charge is 0.477 e. The van der Waals surface area contributed by atoms with Gasteiger partial charge < -0.3 is 21.5 Å². The van der Waals surface area contributed by atoms with Crippen molar-refractivity contribution in [1.82, 2.24) is 9.55 Å². The van der Waals surface area contributed by atoms with Crippen molar-refractivity contribution in [2.45, 2.75) is 12.5 Å². The zero-order chi connectivity index (χ0) is 21.7. The first-order valence-electron chi connectivity index (χ1n) is 8.92. The molecule has 0 amide bonds. The molecule has 3 aromatic rings. The smallest absolute Gasteiger partial charge is 0.341 e. The van der Waals surface area contributed by atoms with Crippen molar-refractivity contribution in [2.75, 3.05) is 23.7 Å². The molecular formula is C19H16F3N5O3. The lowest BCUT2D eigenvalue weighted by Gasteiger charge is -2.20. The maximum Gasteiger partial charge on any atom is 0.341 e. The van der Waals surface area contributed by atoms with Gasteiger partial charge in [-0.05, 0) is 18.6 Å². The highest BCUT2D eigenvalue weighted by atomic mass is 19.1. The van der Waals surface area contributed by atoms with Crippen LogP contribution in [0.1, 0.15) is 16.8 Å². The quantitative estimate of drug-likeness (QED) is 0.551. The molecule has 1 atom stereocenters. The highest BCUT2D eigenvalue weighted by Gasteiger charge is 2.26. The number of hydrogen-bond acceptors (Lipinski definition) is 6. The average Bonchev–Trinajstić information content (AvgIpc) is 3.11. The maximum absolute atomic E-state index is 14.8. The summed E-state index contributed by atoms with van der Waals surface area (Å²) in [6, 6.07) is 2.14. The van der Waals surface area contributed by atoms with Gasteiger partial charge in [-0.25, -0.2) is 22.9 Å². The molecule has 156 valence electrons. The van der Waals surface area contributed by atoms with E-state index in [0.717, 1.165) is 22.9 Å². The number of rotatable bonds is 3. The van der Waals surface area contributed by atoms with E-state index in [0.29, 0.717) is 25.6 Å². The Morgan fingerprint density at radius 2 is 1.90 bits per heavy atom. The summed E-state index contributed by atoms with van der Waals surface area (Å²) in [6.45, 7) is 0.747. The Kier molecular flexibility index (Phi) is 4.61. The van der Waals surface area contributed by atoms with E-state index in [1.165, 1.54) is 0 Å². The number of nitrogens with zero attached hydrogens (tertiary/aromatic N) is 3. The first-order valence-corrected chi connectivity index (χ1v) is 8.92. The average molecular weight is 419 g/mol. The third kappa shape index (κ3) is 3.12. The molecule has 0 saturated carbocycles. The van der Waals surface area contributed by atoms with Gasteiger partial charge in [-0.3, -0.25) is 9.36 Å². The van der Waals surface area contributed by atoms with Gasteiger partial charge in [0, 0.05) is 31.4 Å². The molecule has 0 aliphatic carbocycles. The van der Waals surface area contributed by atoms with Gasteiger partial charge in [0.05, 0.1) is 16.8 Å². The van der Waals surface area contributed by atoms with Gasteiger partial charge in [0.2, 0.25) is 5.43 Å². The fraction of sp³-hybridized carbons (Fsp3) is 0.211. The van der Waals surface area contributed by atoms with Gasteiger partial charge in [-0.1, -0.05) is 0 Å². The Morgan fingerprint density at radius 1 is 1.17 bits per heavy atom. The van der Waals surface area contributed by atoms with Gasteiger partial charge in [0.25, 0.3) is 0 Å². The van der Waals surface area contributed by atoms with Crippen LogP contribution in [0, 0.1) is 17.5 Å². The number of nitrogen functional groups attached to an aromatic ring is 1. The number of halogens is 3. The van der Waals surface area contributed by atoms with E-state index in [-0.39, 0.29) is 28.6 Å². The van der Waals surface area contributed by atoms with Crippen LogP contribution >= 0.6 is 0 Å². The lowest BCUT2D eigenvalue weighted by atomic mass is 10.1. The summed E-state index contributed by atoms with van der Waals surface area (Å²) in [5, 5.41) is 8.99. The number of nitrogens with two attached hydrogens (primary N) is 2. The second kappa shape index (κ2) is 7.02. The molecule has 11 heteroatoms. The first kappa shape index (κ1) is 19.7. The fourth-order valence-corrected chi connectivity index (χ4v) is 3.49. The van der Waals surface area contributed by atoms with Crippen molar-refractivity contribution in [3.05, 3.63) is 57.6 Å². The summed E-state index contributed by atoms with van der Waals surface area (Å²) < 4.78 is 43.9. The van der Waals surface area contributed by atoms with Gasteiger partial charge in [-0.2, -0.15) is 0 Å². The van der Waals surface area contributed by atoms with Gasteiger partial charge in [0.15, 0.2) is 17.3 Å². The van der Waals surface area contributed by atoms with Crippen LogP contribution in [0.25, 0.3) is 16.7 Å². The van der Waals surface area contributed by atoms with E-state index in [2.05, 4.69) is 4.98 Å². The lowest BCUT2D eigenvalue weighted by Crippen LogP contribution is -2.28. The predicted molar refractivity (Wildman–Crippen MR) is 103 cm³/mol. The zero-order valence-corrected chi connectivity index (χ0v) is 15.4. The second-order valence-electron chi connectivity index (χ2n) is 7.03. The Labute approximate surface area is 167 Å². The van der Waals surface area contributed by atoms with Gasteiger partial charge in [-0.15, -0.1) is 0 Å². The number of carboxylic acids is 1. The Hall–Kier alpha value is -3.60. The monoisotopic (exact) mass is 419 g/mol.